The van der Waals surface area contributed by atoms with Crippen molar-refractivity contribution in [2.75, 3.05) is 7.05 Å². The van der Waals surface area contributed by atoms with Gasteiger partial charge in [-0.3, -0.25) is 9.59 Å². The van der Waals surface area contributed by atoms with E-state index in [9.17, 15) is 41.1 Å². The topological polar surface area (TPSA) is 76.3 Å². The van der Waals surface area contributed by atoms with Gasteiger partial charge in [-0.25, -0.2) is 4.74 Å². The molecule has 188 valence electrons. The van der Waals surface area contributed by atoms with E-state index >= 15 is 0 Å². The van der Waals surface area contributed by atoms with E-state index in [4.69, 9.17) is 0 Å². The van der Waals surface area contributed by atoms with Crippen LogP contribution in [0.2, 0.25) is 0 Å². The number of alkyl halides is 6. The molecule has 3 rings (SSSR count). The van der Waals surface area contributed by atoms with E-state index in [-0.39, 0.29) is 39.6 Å². The molecule has 0 spiro atoms. The number of halogens is 6. The largest absolute Gasteiger partial charge is 0.710 e. The first-order chi connectivity index (χ1) is 16.8. The monoisotopic (exact) mass is 509 g/mol. The first-order valence-corrected chi connectivity index (χ1v) is 10.2. The van der Waals surface area contributed by atoms with Crippen molar-refractivity contribution >= 4 is 24.2 Å². The Labute approximate surface area is 200 Å². The van der Waals surface area contributed by atoms with Crippen molar-refractivity contribution < 1.29 is 40.7 Å². The minimum atomic E-state index is -5.03. The summed E-state index contributed by atoms with van der Waals surface area (Å²) in [5.74, 6) is -0.983. The van der Waals surface area contributed by atoms with Gasteiger partial charge in [0.05, 0.1) is 16.7 Å². The van der Waals surface area contributed by atoms with Crippen molar-refractivity contribution in [1.29, 1.82) is 0 Å². The molecule has 0 radical (unpaired) electrons. The highest BCUT2D eigenvalue weighted by atomic mass is 19.4. The summed E-state index contributed by atoms with van der Waals surface area (Å²) in [6, 6.07) is 10.6. The van der Waals surface area contributed by atoms with Gasteiger partial charge in [0.25, 0.3) is 5.91 Å². The molecule has 0 N–H and O–H groups in total. The summed E-state index contributed by atoms with van der Waals surface area (Å²) >= 11 is 0. The summed E-state index contributed by atoms with van der Waals surface area (Å²) in [5, 5.41) is 12.0. The third kappa shape index (κ3) is 6.06. The Morgan fingerprint density at radius 2 is 1.58 bits per heavy atom. The second-order valence-electron chi connectivity index (χ2n) is 7.64. The molecule has 0 aliphatic heterocycles. The molecule has 3 aromatic rings. The van der Waals surface area contributed by atoms with Crippen LogP contribution in [0.5, 0.6) is 0 Å². The molecule has 2 aromatic carbocycles. The SMILES string of the molecule is CN(Cc1cc(C(F)(F)F)cc(C(F)(F)F)c1)C(=O)c1cnc(/[N+]([O-])=C/C=O)cc1-c1ccccc1. The van der Waals surface area contributed by atoms with Crippen LogP contribution in [0, 0.1) is 5.21 Å². The van der Waals surface area contributed by atoms with E-state index in [0.29, 0.717) is 23.9 Å². The Hall–Kier alpha value is -4.22. The van der Waals surface area contributed by atoms with Gasteiger partial charge in [-0.1, -0.05) is 30.3 Å². The van der Waals surface area contributed by atoms with Gasteiger partial charge in [-0.05, 0) is 34.3 Å². The highest BCUT2D eigenvalue weighted by molar-refractivity contribution is 6.10. The molecule has 0 unspecified atom stereocenters. The highest BCUT2D eigenvalue weighted by Gasteiger charge is 2.37. The van der Waals surface area contributed by atoms with Crippen molar-refractivity contribution in [1.82, 2.24) is 9.88 Å². The lowest BCUT2D eigenvalue weighted by Crippen LogP contribution is -2.27. The highest BCUT2D eigenvalue weighted by Crippen LogP contribution is 2.36. The zero-order chi connectivity index (χ0) is 26.7. The zero-order valence-corrected chi connectivity index (χ0v) is 18.5. The van der Waals surface area contributed by atoms with Gasteiger partial charge in [0.2, 0.25) is 0 Å². The maximum Gasteiger partial charge on any atom is 0.416 e. The Bertz CT molecular complexity index is 1270. The fraction of sp³-hybridized carbons (Fsp3) is 0.167. The molecule has 0 aliphatic rings. The van der Waals surface area contributed by atoms with Gasteiger partial charge >= 0.3 is 18.2 Å². The predicted molar refractivity (Wildman–Crippen MR) is 117 cm³/mol. The van der Waals surface area contributed by atoms with Crippen molar-refractivity contribution in [3.63, 3.8) is 0 Å². The van der Waals surface area contributed by atoms with Gasteiger partial charge in [-0.15, -0.1) is 0 Å². The fourth-order valence-corrected chi connectivity index (χ4v) is 3.39. The minimum absolute atomic E-state index is 0.00645. The lowest BCUT2D eigenvalue weighted by molar-refractivity contribution is -0.358. The maximum absolute atomic E-state index is 13.2. The lowest BCUT2D eigenvalue weighted by atomic mass is 10.00. The first kappa shape index (κ1) is 26.4. The van der Waals surface area contributed by atoms with Crippen LogP contribution in [0.25, 0.3) is 11.1 Å². The zero-order valence-electron chi connectivity index (χ0n) is 18.5. The van der Waals surface area contributed by atoms with E-state index in [0.717, 1.165) is 11.1 Å². The normalized spacial score (nSPS) is 12.4. The van der Waals surface area contributed by atoms with Crippen molar-refractivity contribution in [2.45, 2.75) is 18.9 Å². The molecule has 1 aromatic heterocycles. The van der Waals surface area contributed by atoms with Crippen molar-refractivity contribution in [3.05, 3.63) is 88.3 Å². The van der Waals surface area contributed by atoms with Crippen LogP contribution in [0.15, 0.2) is 60.8 Å². The second kappa shape index (κ2) is 10.2. The smallest absolute Gasteiger partial charge is 0.416 e. The third-order valence-corrected chi connectivity index (χ3v) is 5.04. The van der Waals surface area contributed by atoms with Crippen molar-refractivity contribution in [2.24, 2.45) is 0 Å². The molecule has 0 fully saturated rings. The quantitative estimate of drug-likeness (QED) is 0.110. The second-order valence-corrected chi connectivity index (χ2v) is 7.64. The third-order valence-electron chi connectivity index (χ3n) is 5.04. The summed E-state index contributed by atoms with van der Waals surface area (Å²) in [6.45, 7) is -0.575. The number of carbonyl (C=O) groups excluding carboxylic acids is 2. The van der Waals surface area contributed by atoms with Gasteiger partial charge in [0.15, 0.2) is 12.5 Å². The standard InChI is InChI=1S/C24H17F6N3O3/c1-32(14-15-9-17(23(25,26)27)11-18(10-15)24(28,29)30)22(35)20-13-31-21(33(36)7-8-34)12-19(20)16-5-3-2-4-6-16/h2-13H,14H2,1H3/b33-7-. The van der Waals surface area contributed by atoms with Crippen LogP contribution in [0.1, 0.15) is 27.0 Å². The number of rotatable bonds is 6. The first-order valence-electron chi connectivity index (χ1n) is 10.2. The Kier molecular flexibility index (Phi) is 7.46. The molecule has 0 saturated carbocycles. The van der Waals surface area contributed by atoms with Gasteiger partial charge in [0, 0.05) is 25.2 Å². The number of benzene rings is 2. The molecule has 0 bridgehead atoms. The van der Waals surface area contributed by atoms with Crippen LogP contribution in [-0.2, 0) is 23.7 Å². The van der Waals surface area contributed by atoms with E-state index < -0.39 is 35.9 Å². The lowest BCUT2D eigenvalue weighted by Gasteiger charge is -2.20. The number of aldehydes is 1. The summed E-state index contributed by atoms with van der Waals surface area (Å²) in [5.41, 5.74) is -2.73. The number of pyridine rings is 1. The van der Waals surface area contributed by atoms with Crippen molar-refractivity contribution in [3.8, 4) is 11.1 Å². The molecule has 1 amide bonds. The van der Waals surface area contributed by atoms with Gasteiger partial charge in [0.1, 0.15) is 6.21 Å². The molecule has 12 heteroatoms. The Morgan fingerprint density at radius 1 is 1.00 bits per heavy atom. The van der Waals surface area contributed by atoms with E-state index in [1.807, 2.05) is 0 Å². The molecule has 0 aliphatic carbocycles. The minimum Gasteiger partial charge on any atom is -0.710 e. The number of nitrogens with zero attached hydrogens (tertiary/aromatic N) is 3. The fourth-order valence-electron chi connectivity index (χ4n) is 3.39. The summed E-state index contributed by atoms with van der Waals surface area (Å²) in [7, 11) is 1.21. The number of amides is 1. The van der Waals surface area contributed by atoms with E-state index in [2.05, 4.69) is 4.98 Å². The van der Waals surface area contributed by atoms with Crippen LogP contribution < -0.4 is 0 Å². The van der Waals surface area contributed by atoms with E-state index in [1.54, 1.807) is 30.3 Å². The summed E-state index contributed by atoms with van der Waals surface area (Å²) < 4.78 is 79.3. The average Bonchev–Trinajstić information content (AvgIpc) is 2.82. The number of hydrogen-bond acceptors (Lipinski definition) is 4. The Balaban J connectivity index is 2.02. The molecule has 36 heavy (non-hydrogen) atoms. The Morgan fingerprint density at radius 3 is 2.11 bits per heavy atom. The molecular weight excluding hydrogens is 492 g/mol. The maximum atomic E-state index is 13.2. The van der Waals surface area contributed by atoms with Crippen LogP contribution in [0.4, 0.5) is 32.2 Å². The average molecular weight is 509 g/mol. The predicted octanol–water partition coefficient (Wildman–Crippen LogP) is 5.47. The summed E-state index contributed by atoms with van der Waals surface area (Å²) in [6.07, 6.45) is -8.10. The van der Waals surface area contributed by atoms with Crippen LogP contribution in [0.3, 0.4) is 0 Å². The molecular formula is C24H17F6N3O3. The van der Waals surface area contributed by atoms with Gasteiger partial charge in [-0.2, -0.15) is 26.3 Å². The van der Waals surface area contributed by atoms with E-state index in [1.165, 1.54) is 13.1 Å². The summed E-state index contributed by atoms with van der Waals surface area (Å²) in [4.78, 5) is 28.6. The van der Waals surface area contributed by atoms with Crippen LogP contribution >= 0.6 is 0 Å². The molecule has 0 saturated heterocycles. The van der Waals surface area contributed by atoms with Gasteiger partial charge < -0.3 is 10.1 Å². The number of aromatic nitrogens is 1. The molecule has 6 nitrogen and oxygen atoms in total. The molecule has 1 heterocycles. The molecule has 0 atom stereocenters. The number of hydrogen-bond donors (Lipinski definition) is 0. The van der Waals surface area contributed by atoms with Crippen LogP contribution in [-0.4, -0.2) is 40.1 Å². The number of carbonyl (C=O) groups is 2.